The van der Waals surface area contributed by atoms with Crippen molar-refractivity contribution in [1.29, 1.82) is 0 Å². The van der Waals surface area contributed by atoms with Crippen molar-refractivity contribution in [3.63, 3.8) is 0 Å². The molecule has 0 radical (unpaired) electrons. The maximum Gasteiger partial charge on any atom is 0.407 e. The van der Waals surface area contributed by atoms with Gasteiger partial charge in [0.15, 0.2) is 0 Å². The van der Waals surface area contributed by atoms with Crippen molar-refractivity contribution >= 4 is 18.0 Å². The Bertz CT molecular complexity index is 1030. The molecule has 1 saturated carbocycles. The molecule has 4 rings (SSSR count). The molecule has 0 spiro atoms. The first-order valence-corrected chi connectivity index (χ1v) is 12.5. The smallest absolute Gasteiger partial charge is 0.407 e. The lowest BCUT2D eigenvalue weighted by Gasteiger charge is -2.41. The first kappa shape index (κ1) is 24.8. The van der Waals surface area contributed by atoms with Crippen molar-refractivity contribution in [2.24, 2.45) is 5.41 Å². The van der Waals surface area contributed by atoms with Crippen LogP contribution in [-0.2, 0) is 14.3 Å². The molecular weight excluding hydrogens is 444 g/mol. The number of carbonyl (C=O) groups excluding carboxylic acids is 2. The lowest BCUT2D eigenvalue weighted by Crippen LogP contribution is -2.54. The average Bonchev–Trinajstić information content (AvgIpc) is 3.14. The second-order valence-corrected chi connectivity index (χ2v) is 9.72. The summed E-state index contributed by atoms with van der Waals surface area (Å²) in [6, 6.07) is 15.9. The van der Waals surface area contributed by atoms with Gasteiger partial charge in [-0.3, -0.25) is 9.59 Å². The third-order valence-electron chi connectivity index (χ3n) is 7.37. The molecule has 0 saturated heterocycles. The molecule has 1 atom stereocenters. The number of alkyl carbamates (subject to hydrolysis) is 1. The summed E-state index contributed by atoms with van der Waals surface area (Å²) in [4.78, 5) is 36.9. The molecular formula is C28H34N2O5. The molecule has 0 aliphatic heterocycles. The lowest BCUT2D eigenvalue weighted by atomic mass is 9.68. The Kier molecular flexibility index (Phi) is 7.73. The van der Waals surface area contributed by atoms with Gasteiger partial charge in [-0.25, -0.2) is 4.79 Å². The van der Waals surface area contributed by atoms with Crippen LogP contribution >= 0.6 is 0 Å². The number of hydrogen-bond donors (Lipinski definition) is 3. The van der Waals surface area contributed by atoms with Gasteiger partial charge in [0, 0.05) is 18.5 Å². The minimum Gasteiger partial charge on any atom is -0.481 e. The van der Waals surface area contributed by atoms with Crippen molar-refractivity contribution in [3.8, 4) is 11.1 Å². The highest BCUT2D eigenvalue weighted by Crippen LogP contribution is 2.44. The van der Waals surface area contributed by atoms with Gasteiger partial charge in [-0.05, 0) is 41.5 Å². The Morgan fingerprint density at radius 3 is 2.23 bits per heavy atom. The zero-order valence-electron chi connectivity index (χ0n) is 20.2. The van der Waals surface area contributed by atoms with E-state index in [9.17, 15) is 19.5 Å². The number of carbonyl (C=O) groups is 3. The highest BCUT2D eigenvalue weighted by atomic mass is 16.5. The summed E-state index contributed by atoms with van der Waals surface area (Å²) >= 11 is 0. The van der Waals surface area contributed by atoms with Crippen LogP contribution in [0.3, 0.4) is 0 Å². The van der Waals surface area contributed by atoms with Crippen LogP contribution in [0, 0.1) is 5.41 Å². The molecule has 0 unspecified atom stereocenters. The number of carboxylic acid groups (broad SMARTS) is 1. The van der Waals surface area contributed by atoms with E-state index in [1.54, 1.807) is 0 Å². The first-order chi connectivity index (χ1) is 16.9. The number of fused-ring (bicyclic) bond motifs is 3. The molecule has 1 fully saturated rings. The van der Waals surface area contributed by atoms with Gasteiger partial charge in [-0.15, -0.1) is 0 Å². The quantitative estimate of drug-likeness (QED) is 0.428. The largest absolute Gasteiger partial charge is 0.481 e. The number of ether oxygens (including phenoxy) is 1. The van der Waals surface area contributed by atoms with Gasteiger partial charge < -0.3 is 20.5 Å². The van der Waals surface area contributed by atoms with E-state index in [2.05, 4.69) is 34.9 Å². The van der Waals surface area contributed by atoms with Gasteiger partial charge in [0.2, 0.25) is 5.91 Å². The van der Waals surface area contributed by atoms with Gasteiger partial charge in [-0.1, -0.05) is 74.7 Å². The minimum absolute atomic E-state index is 0.0237. The van der Waals surface area contributed by atoms with Crippen molar-refractivity contribution < 1.29 is 24.2 Å². The number of unbranched alkanes of at least 4 members (excludes halogenated alkanes) is 1. The van der Waals surface area contributed by atoms with Crippen molar-refractivity contribution in [2.45, 2.75) is 63.8 Å². The normalized spacial score (nSPS) is 16.4. The van der Waals surface area contributed by atoms with E-state index in [4.69, 9.17) is 4.74 Å². The van der Waals surface area contributed by atoms with Gasteiger partial charge >= 0.3 is 12.1 Å². The van der Waals surface area contributed by atoms with Crippen LogP contribution in [0.25, 0.3) is 11.1 Å². The molecule has 3 N–H and O–H groups in total. The Morgan fingerprint density at radius 1 is 1.06 bits per heavy atom. The Morgan fingerprint density at radius 2 is 1.69 bits per heavy atom. The second kappa shape index (κ2) is 10.9. The van der Waals surface area contributed by atoms with Gasteiger partial charge in [0.1, 0.15) is 6.61 Å². The maximum absolute atomic E-state index is 13.1. The predicted octanol–water partition coefficient (Wildman–Crippen LogP) is 4.85. The van der Waals surface area contributed by atoms with Crippen LogP contribution < -0.4 is 10.6 Å². The van der Waals surface area contributed by atoms with E-state index in [0.717, 1.165) is 30.4 Å². The van der Waals surface area contributed by atoms with Gasteiger partial charge in [0.05, 0.1) is 11.8 Å². The molecule has 7 nitrogen and oxygen atoms in total. The third kappa shape index (κ3) is 5.50. The summed E-state index contributed by atoms with van der Waals surface area (Å²) in [6.45, 7) is 2.44. The molecule has 0 aromatic heterocycles. The minimum atomic E-state index is -0.925. The van der Waals surface area contributed by atoms with Crippen LogP contribution in [0.15, 0.2) is 48.5 Å². The summed E-state index contributed by atoms with van der Waals surface area (Å²) in [5.41, 5.74) is 3.93. The molecule has 7 heteroatoms. The van der Waals surface area contributed by atoms with Crippen LogP contribution in [-0.4, -0.2) is 42.3 Å². The fraction of sp³-hybridized carbons (Fsp3) is 0.464. The van der Waals surface area contributed by atoms with Gasteiger partial charge in [-0.2, -0.15) is 0 Å². The molecule has 2 aromatic carbocycles. The molecule has 0 heterocycles. The first-order valence-electron chi connectivity index (χ1n) is 12.5. The number of rotatable bonds is 11. The van der Waals surface area contributed by atoms with E-state index in [-0.39, 0.29) is 31.4 Å². The summed E-state index contributed by atoms with van der Waals surface area (Å²) in [6.07, 6.45) is 4.00. The van der Waals surface area contributed by atoms with Crippen LogP contribution in [0.5, 0.6) is 0 Å². The zero-order valence-corrected chi connectivity index (χ0v) is 20.2. The van der Waals surface area contributed by atoms with Crippen LogP contribution in [0.1, 0.15) is 68.9 Å². The second-order valence-electron chi connectivity index (χ2n) is 9.72. The number of hydrogen-bond acceptors (Lipinski definition) is 4. The monoisotopic (exact) mass is 478 g/mol. The number of nitrogens with one attached hydrogen (secondary N) is 2. The summed E-state index contributed by atoms with van der Waals surface area (Å²) in [5.74, 6) is -1.12. The lowest BCUT2D eigenvalue weighted by molar-refractivity contribution is -0.139. The van der Waals surface area contributed by atoms with E-state index in [1.807, 2.05) is 31.2 Å². The fourth-order valence-electron chi connectivity index (χ4n) is 5.20. The topological polar surface area (TPSA) is 105 Å². The van der Waals surface area contributed by atoms with E-state index in [0.29, 0.717) is 19.3 Å². The molecule has 2 amide bonds. The number of amides is 2. The molecule has 186 valence electrons. The van der Waals surface area contributed by atoms with E-state index < -0.39 is 23.5 Å². The Labute approximate surface area is 206 Å². The summed E-state index contributed by atoms with van der Waals surface area (Å²) < 4.78 is 5.61. The van der Waals surface area contributed by atoms with E-state index in [1.165, 1.54) is 11.1 Å². The SMILES string of the molecule is CCCC[C@@H](CC(=O)O)NC(=O)C1(CNC(=O)OCC2c3ccccc3-c3ccccc32)CCC1. The Hall–Kier alpha value is -3.35. The van der Waals surface area contributed by atoms with Crippen molar-refractivity contribution in [3.05, 3.63) is 59.7 Å². The summed E-state index contributed by atoms with van der Waals surface area (Å²) in [5, 5.41) is 14.9. The predicted molar refractivity (Wildman–Crippen MR) is 133 cm³/mol. The van der Waals surface area contributed by atoms with Crippen molar-refractivity contribution in [1.82, 2.24) is 10.6 Å². The average molecular weight is 479 g/mol. The highest BCUT2D eigenvalue weighted by molar-refractivity contribution is 5.85. The number of benzene rings is 2. The number of carboxylic acids is 1. The molecule has 2 aliphatic carbocycles. The van der Waals surface area contributed by atoms with Crippen LogP contribution in [0.2, 0.25) is 0 Å². The van der Waals surface area contributed by atoms with Gasteiger partial charge in [0.25, 0.3) is 0 Å². The highest BCUT2D eigenvalue weighted by Gasteiger charge is 2.45. The van der Waals surface area contributed by atoms with Crippen LogP contribution in [0.4, 0.5) is 4.79 Å². The molecule has 2 aromatic rings. The fourth-order valence-corrected chi connectivity index (χ4v) is 5.20. The molecule has 35 heavy (non-hydrogen) atoms. The molecule has 2 aliphatic rings. The molecule has 0 bridgehead atoms. The maximum atomic E-state index is 13.1. The standard InChI is InChI=1S/C28H34N2O5/c1-2-3-9-19(16-25(31)32)30-26(33)28(14-8-15-28)18-29-27(34)35-17-24-22-12-6-4-10-20(22)21-11-5-7-13-23(21)24/h4-7,10-13,19,24H,2-3,8-9,14-18H2,1H3,(H,29,34)(H,30,33)(H,31,32)/t19-/m0/s1. The number of aliphatic carboxylic acids is 1. The van der Waals surface area contributed by atoms with E-state index >= 15 is 0 Å². The summed E-state index contributed by atoms with van der Waals surface area (Å²) in [7, 11) is 0. The third-order valence-corrected chi connectivity index (χ3v) is 7.37. The zero-order chi connectivity index (χ0) is 24.8. The Balaban J connectivity index is 1.33. The van der Waals surface area contributed by atoms with Crippen molar-refractivity contribution in [2.75, 3.05) is 13.2 Å².